The van der Waals surface area contributed by atoms with E-state index in [-0.39, 0.29) is 12.1 Å². The number of carbonyl (C=O) groups is 1. The number of nitrogens with zero attached hydrogens (tertiary/aromatic N) is 2. The van der Waals surface area contributed by atoms with Crippen LogP contribution in [0.1, 0.15) is 33.3 Å². The first-order valence-corrected chi connectivity index (χ1v) is 7.57. The quantitative estimate of drug-likeness (QED) is 0.794. The van der Waals surface area contributed by atoms with E-state index >= 15 is 0 Å². The minimum absolute atomic E-state index is 0.210. The van der Waals surface area contributed by atoms with E-state index in [0.717, 1.165) is 6.54 Å². The molecular formula is C17H26N2O2. The maximum absolute atomic E-state index is 12.1. The fraction of sp³-hybridized carbons (Fsp3) is 0.588. The number of ether oxygens (including phenoxy) is 1. The Morgan fingerprint density at radius 1 is 1.29 bits per heavy atom. The zero-order chi connectivity index (χ0) is 15.6. The number of aryl methyl sites for hydroxylation is 1. The number of anilines is 1. The van der Waals surface area contributed by atoms with E-state index in [1.807, 2.05) is 25.7 Å². The molecule has 1 saturated heterocycles. The SMILES string of the molecule is Cc1cccc(N2CCN(C(=O)OC(C)(C)C)C[C@H]2C)c1. The van der Waals surface area contributed by atoms with Gasteiger partial charge in [0.1, 0.15) is 5.60 Å². The Morgan fingerprint density at radius 3 is 2.57 bits per heavy atom. The van der Waals surface area contributed by atoms with Gasteiger partial charge >= 0.3 is 6.09 Å². The van der Waals surface area contributed by atoms with Gasteiger partial charge in [0.25, 0.3) is 0 Å². The molecule has 0 spiro atoms. The van der Waals surface area contributed by atoms with Gasteiger partial charge in [0.15, 0.2) is 0 Å². The van der Waals surface area contributed by atoms with Crippen molar-refractivity contribution in [2.75, 3.05) is 24.5 Å². The summed E-state index contributed by atoms with van der Waals surface area (Å²) in [5.74, 6) is 0. The molecule has 0 bridgehead atoms. The van der Waals surface area contributed by atoms with Gasteiger partial charge in [0.05, 0.1) is 0 Å². The average Bonchev–Trinajstić information content (AvgIpc) is 2.36. The van der Waals surface area contributed by atoms with Crippen LogP contribution in [0, 0.1) is 6.92 Å². The van der Waals surface area contributed by atoms with Gasteiger partial charge in [-0.05, 0) is 52.3 Å². The first-order valence-electron chi connectivity index (χ1n) is 7.57. The van der Waals surface area contributed by atoms with Gasteiger partial charge in [0.2, 0.25) is 0 Å². The van der Waals surface area contributed by atoms with E-state index in [1.54, 1.807) is 0 Å². The minimum atomic E-state index is -0.437. The molecule has 1 aromatic rings. The van der Waals surface area contributed by atoms with Crippen LogP contribution in [-0.2, 0) is 4.74 Å². The molecule has 1 heterocycles. The zero-order valence-corrected chi connectivity index (χ0v) is 13.7. The number of hydrogen-bond acceptors (Lipinski definition) is 3. The number of rotatable bonds is 1. The monoisotopic (exact) mass is 290 g/mol. The van der Waals surface area contributed by atoms with Gasteiger partial charge in [-0.25, -0.2) is 4.79 Å². The summed E-state index contributed by atoms with van der Waals surface area (Å²) >= 11 is 0. The summed E-state index contributed by atoms with van der Waals surface area (Å²) in [6.07, 6.45) is -0.210. The second-order valence-electron chi connectivity index (χ2n) is 6.81. The molecule has 0 N–H and O–H groups in total. The largest absolute Gasteiger partial charge is 0.444 e. The maximum Gasteiger partial charge on any atom is 0.410 e. The van der Waals surface area contributed by atoms with Crippen molar-refractivity contribution in [2.24, 2.45) is 0 Å². The molecule has 21 heavy (non-hydrogen) atoms. The second kappa shape index (κ2) is 5.96. The van der Waals surface area contributed by atoms with Crippen molar-refractivity contribution in [1.82, 2.24) is 4.90 Å². The molecule has 1 amide bonds. The number of amides is 1. The highest BCUT2D eigenvalue weighted by molar-refractivity contribution is 5.69. The summed E-state index contributed by atoms with van der Waals surface area (Å²) in [4.78, 5) is 16.3. The fourth-order valence-electron chi connectivity index (χ4n) is 2.64. The Labute approximate surface area is 127 Å². The molecular weight excluding hydrogens is 264 g/mol. The number of piperazine rings is 1. The Balaban J connectivity index is 2.01. The molecule has 1 fully saturated rings. The van der Waals surface area contributed by atoms with Crippen LogP contribution in [-0.4, -0.2) is 42.3 Å². The fourth-order valence-corrected chi connectivity index (χ4v) is 2.64. The van der Waals surface area contributed by atoms with Crippen molar-refractivity contribution in [3.05, 3.63) is 29.8 Å². The van der Waals surface area contributed by atoms with E-state index in [0.29, 0.717) is 13.1 Å². The minimum Gasteiger partial charge on any atom is -0.444 e. The summed E-state index contributed by atoms with van der Waals surface area (Å²) in [6.45, 7) is 12.2. The zero-order valence-electron chi connectivity index (χ0n) is 13.7. The third-order valence-electron chi connectivity index (χ3n) is 3.61. The van der Waals surface area contributed by atoms with Crippen LogP contribution in [0.5, 0.6) is 0 Å². The van der Waals surface area contributed by atoms with Crippen LogP contribution in [0.4, 0.5) is 10.5 Å². The first-order chi connectivity index (χ1) is 9.76. The number of hydrogen-bond donors (Lipinski definition) is 0. The lowest BCUT2D eigenvalue weighted by Crippen LogP contribution is -2.54. The molecule has 0 radical (unpaired) electrons. The lowest BCUT2D eigenvalue weighted by Gasteiger charge is -2.41. The van der Waals surface area contributed by atoms with Crippen molar-refractivity contribution in [3.8, 4) is 0 Å². The summed E-state index contributed by atoms with van der Waals surface area (Å²) in [6, 6.07) is 8.79. The summed E-state index contributed by atoms with van der Waals surface area (Å²) in [5, 5.41) is 0. The standard InChI is InChI=1S/C17H26N2O2/c1-13-7-6-8-15(11-13)19-10-9-18(12-14(19)2)16(20)21-17(3,4)5/h6-8,11,14H,9-10,12H2,1-5H3/t14-/m1/s1. The molecule has 0 saturated carbocycles. The van der Waals surface area contributed by atoms with Gasteiger partial charge < -0.3 is 14.5 Å². The smallest absolute Gasteiger partial charge is 0.410 e. The predicted octanol–water partition coefficient (Wildman–Crippen LogP) is 3.44. The van der Waals surface area contributed by atoms with Gasteiger partial charge in [-0.15, -0.1) is 0 Å². The molecule has 2 rings (SSSR count). The van der Waals surface area contributed by atoms with Gasteiger partial charge in [-0.2, -0.15) is 0 Å². The third-order valence-corrected chi connectivity index (χ3v) is 3.61. The Morgan fingerprint density at radius 2 is 2.00 bits per heavy atom. The highest BCUT2D eigenvalue weighted by Crippen LogP contribution is 2.22. The molecule has 1 atom stereocenters. The Hall–Kier alpha value is -1.71. The van der Waals surface area contributed by atoms with Crippen molar-refractivity contribution >= 4 is 11.8 Å². The van der Waals surface area contributed by atoms with Crippen molar-refractivity contribution in [1.29, 1.82) is 0 Å². The molecule has 1 aromatic carbocycles. The average molecular weight is 290 g/mol. The predicted molar refractivity (Wildman–Crippen MR) is 85.8 cm³/mol. The molecule has 0 aromatic heterocycles. The molecule has 4 nitrogen and oxygen atoms in total. The molecule has 116 valence electrons. The molecule has 4 heteroatoms. The topological polar surface area (TPSA) is 32.8 Å². The van der Waals surface area contributed by atoms with E-state index < -0.39 is 5.60 Å². The molecule has 0 aliphatic carbocycles. The Kier molecular flexibility index (Phi) is 4.45. The summed E-state index contributed by atoms with van der Waals surface area (Å²) in [7, 11) is 0. The Bertz CT molecular complexity index is 508. The van der Waals surface area contributed by atoms with Crippen molar-refractivity contribution in [2.45, 2.75) is 46.3 Å². The first kappa shape index (κ1) is 15.7. The van der Waals surface area contributed by atoms with Crippen LogP contribution >= 0.6 is 0 Å². The lowest BCUT2D eigenvalue weighted by atomic mass is 10.1. The van der Waals surface area contributed by atoms with Gasteiger partial charge in [-0.3, -0.25) is 0 Å². The van der Waals surface area contributed by atoms with E-state index in [4.69, 9.17) is 4.74 Å². The van der Waals surface area contributed by atoms with Gasteiger partial charge in [0, 0.05) is 31.4 Å². The van der Waals surface area contributed by atoms with Crippen molar-refractivity contribution in [3.63, 3.8) is 0 Å². The lowest BCUT2D eigenvalue weighted by molar-refractivity contribution is 0.0219. The van der Waals surface area contributed by atoms with Crippen LogP contribution in [0.25, 0.3) is 0 Å². The molecule has 1 aliphatic rings. The number of carbonyl (C=O) groups excluding carboxylic acids is 1. The highest BCUT2D eigenvalue weighted by Gasteiger charge is 2.29. The van der Waals surface area contributed by atoms with Crippen LogP contribution in [0.15, 0.2) is 24.3 Å². The van der Waals surface area contributed by atoms with Crippen molar-refractivity contribution < 1.29 is 9.53 Å². The maximum atomic E-state index is 12.1. The van der Waals surface area contributed by atoms with Crippen LogP contribution < -0.4 is 4.90 Å². The van der Waals surface area contributed by atoms with E-state index in [2.05, 4.69) is 43.0 Å². The second-order valence-corrected chi connectivity index (χ2v) is 6.81. The van der Waals surface area contributed by atoms with Crippen LogP contribution in [0.2, 0.25) is 0 Å². The van der Waals surface area contributed by atoms with E-state index in [1.165, 1.54) is 11.3 Å². The summed E-state index contributed by atoms with van der Waals surface area (Å²) < 4.78 is 5.45. The number of benzene rings is 1. The summed E-state index contributed by atoms with van der Waals surface area (Å²) in [5.41, 5.74) is 2.05. The van der Waals surface area contributed by atoms with Crippen LogP contribution in [0.3, 0.4) is 0 Å². The third kappa shape index (κ3) is 4.13. The van der Waals surface area contributed by atoms with E-state index in [9.17, 15) is 4.79 Å². The molecule has 0 unspecified atom stereocenters. The highest BCUT2D eigenvalue weighted by atomic mass is 16.6. The normalized spacial score (nSPS) is 19.6. The van der Waals surface area contributed by atoms with Gasteiger partial charge in [-0.1, -0.05) is 12.1 Å². The molecule has 1 aliphatic heterocycles.